The van der Waals surface area contributed by atoms with E-state index in [1.807, 2.05) is 30.3 Å². The second kappa shape index (κ2) is 6.33. The fourth-order valence-corrected chi connectivity index (χ4v) is 2.59. The molecule has 2 aromatic carbocycles. The molecule has 0 radical (unpaired) electrons. The Morgan fingerprint density at radius 2 is 1.74 bits per heavy atom. The first-order valence-electron chi connectivity index (χ1n) is 5.71. The van der Waals surface area contributed by atoms with Crippen molar-refractivity contribution in [1.29, 1.82) is 0 Å². The summed E-state index contributed by atoms with van der Waals surface area (Å²) >= 11 is 1.65. The van der Waals surface area contributed by atoms with Gasteiger partial charge in [-0.25, -0.2) is 0 Å². The maximum absolute atomic E-state index is 13.4. The molecule has 3 nitrogen and oxygen atoms in total. The van der Waals surface area contributed by atoms with Crippen LogP contribution in [0.4, 0.5) is 10.1 Å². The van der Waals surface area contributed by atoms with Crippen LogP contribution in [0, 0.1) is 15.9 Å². The first-order chi connectivity index (χ1) is 9.16. The Hall–Kier alpha value is -1.88. The molecule has 98 valence electrons. The molecule has 0 heterocycles. The van der Waals surface area contributed by atoms with Crippen molar-refractivity contribution in [2.24, 2.45) is 0 Å². The van der Waals surface area contributed by atoms with Crippen molar-refractivity contribution < 1.29 is 9.31 Å². The Labute approximate surface area is 114 Å². The number of benzene rings is 2. The third-order valence-corrected chi connectivity index (χ3v) is 3.66. The second-order valence-electron chi connectivity index (χ2n) is 4.02. The zero-order valence-electron chi connectivity index (χ0n) is 10.1. The minimum Gasteiger partial charge on any atom is -0.258 e. The van der Waals surface area contributed by atoms with Crippen molar-refractivity contribution in [3.8, 4) is 0 Å². The summed E-state index contributed by atoms with van der Waals surface area (Å²) in [5.41, 5.74) is 1.48. The van der Waals surface area contributed by atoms with Gasteiger partial charge in [0.05, 0.1) is 4.92 Å². The Morgan fingerprint density at radius 1 is 1.05 bits per heavy atom. The number of halogens is 1. The van der Waals surface area contributed by atoms with E-state index in [0.29, 0.717) is 5.75 Å². The molecule has 0 saturated heterocycles. The molecule has 0 fully saturated rings. The van der Waals surface area contributed by atoms with Crippen LogP contribution in [0.25, 0.3) is 0 Å². The van der Waals surface area contributed by atoms with E-state index < -0.39 is 16.4 Å². The van der Waals surface area contributed by atoms with Gasteiger partial charge in [0.25, 0.3) is 0 Å². The minimum absolute atomic E-state index is 0.475. The highest BCUT2D eigenvalue weighted by Crippen LogP contribution is 2.22. The minimum atomic E-state index is -0.775. The van der Waals surface area contributed by atoms with Crippen LogP contribution >= 0.6 is 11.8 Å². The van der Waals surface area contributed by atoms with Crippen LogP contribution in [-0.4, -0.2) is 4.92 Å². The highest BCUT2D eigenvalue weighted by molar-refractivity contribution is 7.97. The predicted octanol–water partition coefficient (Wildman–Crippen LogP) is 4.17. The molecule has 0 unspecified atom stereocenters. The van der Waals surface area contributed by atoms with E-state index >= 15 is 0 Å². The highest BCUT2D eigenvalue weighted by atomic mass is 32.2. The zero-order valence-corrected chi connectivity index (χ0v) is 10.9. The summed E-state index contributed by atoms with van der Waals surface area (Å²) in [6, 6.07) is 14.0. The number of nitro groups is 1. The summed E-state index contributed by atoms with van der Waals surface area (Å²) in [6.45, 7) is 0. The first kappa shape index (κ1) is 13.5. The number of nitro benzene ring substituents is 1. The van der Waals surface area contributed by atoms with Gasteiger partial charge in [-0.3, -0.25) is 10.1 Å². The third-order valence-electron chi connectivity index (χ3n) is 2.59. The lowest BCUT2D eigenvalue weighted by Crippen LogP contribution is -1.93. The fourth-order valence-electron chi connectivity index (χ4n) is 1.65. The molecule has 2 aromatic rings. The van der Waals surface area contributed by atoms with E-state index in [-0.39, 0.29) is 0 Å². The number of nitrogens with zero attached hydrogens (tertiary/aromatic N) is 1. The molecular weight excluding hydrogens is 265 g/mol. The normalized spacial score (nSPS) is 10.4. The van der Waals surface area contributed by atoms with Gasteiger partial charge in [0.15, 0.2) is 0 Å². The maximum atomic E-state index is 13.4. The quantitative estimate of drug-likeness (QED) is 0.608. The predicted molar refractivity (Wildman–Crippen MR) is 74.5 cm³/mol. The van der Waals surface area contributed by atoms with Crippen molar-refractivity contribution in [2.75, 3.05) is 0 Å². The van der Waals surface area contributed by atoms with Gasteiger partial charge in [0.1, 0.15) is 0 Å². The van der Waals surface area contributed by atoms with Gasteiger partial charge in [-0.1, -0.05) is 36.4 Å². The molecule has 0 aliphatic heterocycles. The van der Waals surface area contributed by atoms with Crippen LogP contribution in [0.2, 0.25) is 0 Å². The Morgan fingerprint density at radius 3 is 2.37 bits per heavy atom. The van der Waals surface area contributed by atoms with Crippen LogP contribution in [0.5, 0.6) is 0 Å². The molecular formula is C14H12FNO2S. The molecule has 0 atom stereocenters. The molecule has 2 rings (SSSR count). The van der Waals surface area contributed by atoms with Crippen molar-refractivity contribution in [3.63, 3.8) is 0 Å². The van der Waals surface area contributed by atoms with E-state index in [1.165, 1.54) is 17.7 Å². The average molecular weight is 277 g/mol. The molecule has 0 aliphatic rings. The van der Waals surface area contributed by atoms with Gasteiger partial charge < -0.3 is 0 Å². The number of hydrogen-bond donors (Lipinski definition) is 0. The topological polar surface area (TPSA) is 43.1 Å². The van der Waals surface area contributed by atoms with Crippen molar-refractivity contribution in [3.05, 3.63) is 75.6 Å². The molecule has 0 bridgehead atoms. The molecule has 19 heavy (non-hydrogen) atoms. The molecule has 5 heteroatoms. The van der Waals surface area contributed by atoms with Crippen LogP contribution in [-0.2, 0) is 11.5 Å². The second-order valence-corrected chi connectivity index (χ2v) is 5.01. The largest absolute Gasteiger partial charge is 0.304 e. The summed E-state index contributed by atoms with van der Waals surface area (Å²) < 4.78 is 13.4. The Kier molecular flexibility index (Phi) is 4.52. The molecule has 0 amide bonds. The third kappa shape index (κ3) is 3.79. The van der Waals surface area contributed by atoms with Crippen LogP contribution in [0.3, 0.4) is 0 Å². The summed E-state index contributed by atoms with van der Waals surface area (Å²) in [5, 5.41) is 10.5. The first-order valence-corrected chi connectivity index (χ1v) is 6.87. The van der Waals surface area contributed by atoms with Gasteiger partial charge in [0, 0.05) is 17.6 Å². The average Bonchev–Trinajstić information content (AvgIpc) is 2.39. The Bertz CT molecular complexity index is 575. The van der Waals surface area contributed by atoms with E-state index in [0.717, 1.165) is 11.3 Å². The van der Waals surface area contributed by atoms with Crippen LogP contribution < -0.4 is 0 Å². The van der Waals surface area contributed by atoms with Gasteiger partial charge in [-0.15, -0.1) is 0 Å². The van der Waals surface area contributed by atoms with Gasteiger partial charge in [-0.05, 0) is 17.2 Å². The van der Waals surface area contributed by atoms with Crippen LogP contribution in [0.1, 0.15) is 11.1 Å². The number of hydrogen-bond acceptors (Lipinski definition) is 3. The van der Waals surface area contributed by atoms with E-state index in [9.17, 15) is 14.5 Å². The standard InChI is InChI=1S/C14H12FNO2S/c15-13-8-12(6-7-14(13)16(17)18)10-19-9-11-4-2-1-3-5-11/h1-8H,9-10H2. The van der Waals surface area contributed by atoms with Gasteiger partial charge in [0.2, 0.25) is 5.82 Å². The molecule has 0 N–H and O–H groups in total. The number of rotatable bonds is 5. The molecule has 0 aromatic heterocycles. The smallest absolute Gasteiger partial charge is 0.258 e. The molecule has 0 aliphatic carbocycles. The van der Waals surface area contributed by atoms with Gasteiger partial charge in [-0.2, -0.15) is 16.2 Å². The Balaban J connectivity index is 1.93. The van der Waals surface area contributed by atoms with Crippen molar-refractivity contribution in [2.45, 2.75) is 11.5 Å². The van der Waals surface area contributed by atoms with Crippen molar-refractivity contribution >= 4 is 17.4 Å². The maximum Gasteiger partial charge on any atom is 0.304 e. The SMILES string of the molecule is O=[N+]([O-])c1ccc(CSCc2ccccc2)cc1F. The molecule has 0 saturated carbocycles. The lowest BCUT2D eigenvalue weighted by Gasteiger charge is -2.03. The summed E-state index contributed by atoms with van der Waals surface area (Å²) in [6.07, 6.45) is 0. The number of thioether (sulfide) groups is 1. The highest BCUT2D eigenvalue weighted by Gasteiger charge is 2.13. The lowest BCUT2D eigenvalue weighted by molar-refractivity contribution is -0.387. The fraction of sp³-hybridized carbons (Fsp3) is 0.143. The van der Waals surface area contributed by atoms with E-state index in [1.54, 1.807) is 17.8 Å². The van der Waals surface area contributed by atoms with E-state index in [2.05, 4.69) is 0 Å². The summed E-state index contributed by atoms with van der Waals surface area (Å²) in [7, 11) is 0. The summed E-state index contributed by atoms with van der Waals surface area (Å²) in [4.78, 5) is 9.78. The zero-order chi connectivity index (χ0) is 13.7. The van der Waals surface area contributed by atoms with Crippen LogP contribution in [0.15, 0.2) is 48.5 Å². The summed E-state index contributed by atoms with van der Waals surface area (Å²) in [5.74, 6) is 0.686. The molecule has 0 spiro atoms. The monoisotopic (exact) mass is 277 g/mol. The van der Waals surface area contributed by atoms with E-state index in [4.69, 9.17) is 0 Å². The van der Waals surface area contributed by atoms with Crippen molar-refractivity contribution in [1.82, 2.24) is 0 Å². The lowest BCUT2D eigenvalue weighted by atomic mass is 10.2. The van der Waals surface area contributed by atoms with Gasteiger partial charge >= 0.3 is 5.69 Å².